The van der Waals surface area contributed by atoms with Gasteiger partial charge in [-0.2, -0.15) is 5.26 Å². The fourth-order valence-electron chi connectivity index (χ4n) is 2.74. The van der Waals surface area contributed by atoms with Gasteiger partial charge in [-0.15, -0.1) is 17.9 Å². The number of anilines is 1. The Balaban J connectivity index is 2.33. The van der Waals surface area contributed by atoms with Gasteiger partial charge < -0.3 is 10.0 Å². The molecule has 21 heavy (non-hydrogen) atoms. The van der Waals surface area contributed by atoms with Crippen LogP contribution in [0.25, 0.3) is 0 Å². The minimum atomic E-state index is -0.822. The third-order valence-electron chi connectivity index (χ3n) is 3.84. The van der Waals surface area contributed by atoms with E-state index in [9.17, 15) is 10.1 Å². The Morgan fingerprint density at radius 1 is 1.67 bits per heavy atom. The zero-order valence-corrected chi connectivity index (χ0v) is 13.1. The molecular formula is C16H20N2O2S. The summed E-state index contributed by atoms with van der Waals surface area (Å²) in [6.07, 6.45) is 4.92. The number of carboxylic acids is 1. The van der Waals surface area contributed by atoms with Crippen molar-refractivity contribution in [3.63, 3.8) is 0 Å². The molecule has 5 heteroatoms. The summed E-state index contributed by atoms with van der Waals surface area (Å²) < 4.78 is 0. The highest BCUT2D eigenvalue weighted by atomic mass is 32.1. The molecule has 112 valence electrons. The lowest BCUT2D eigenvalue weighted by Crippen LogP contribution is -2.26. The molecule has 0 fully saturated rings. The third kappa shape index (κ3) is 3.45. The maximum atomic E-state index is 10.8. The van der Waals surface area contributed by atoms with Crippen molar-refractivity contribution in [3.8, 4) is 6.07 Å². The van der Waals surface area contributed by atoms with Crippen molar-refractivity contribution in [2.75, 3.05) is 18.0 Å². The molecule has 1 atom stereocenters. The van der Waals surface area contributed by atoms with Crippen LogP contribution in [0.15, 0.2) is 12.7 Å². The van der Waals surface area contributed by atoms with Crippen LogP contribution in [0.5, 0.6) is 0 Å². The van der Waals surface area contributed by atoms with E-state index in [1.165, 1.54) is 10.4 Å². The van der Waals surface area contributed by atoms with Crippen LogP contribution in [-0.4, -0.2) is 24.2 Å². The van der Waals surface area contributed by atoms with Gasteiger partial charge in [-0.25, -0.2) is 0 Å². The van der Waals surface area contributed by atoms with Gasteiger partial charge in [-0.05, 0) is 30.7 Å². The average molecular weight is 304 g/mol. The van der Waals surface area contributed by atoms with Crippen LogP contribution in [0.2, 0.25) is 0 Å². The molecular weight excluding hydrogens is 284 g/mol. The number of carbonyl (C=O) groups is 1. The summed E-state index contributed by atoms with van der Waals surface area (Å²) in [5, 5.41) is 19.3. The number of fused-ring (bicyclic) bond motifs is 1. The van der Waals surface area contributed by atoms with E-state index in [4.69, 9.17) is 5.11 Å². The zero-order valence-electron chi connectivity index (χ0n) is 12.3. The lowest BCUT2D eigenvalue weighted by molar-refractivity contribution is -0.136. The first-order chi connectivity index (χ1) is 10.1. The van der Waals surface area contributed by atoms with E-state index in [1.807, 2.05) is 4.90 Å². The number of thiophene rings is 1. The van der Waals surface area contributed by atoms with Crippen LogP contribution in [0.4, 0.5) is 5.00 Å². The highest BCUT2D eigenvalue weighted by molar-refractivity contribution is 7.16. The number of carboxylic acid groups (broad SMARTS) is 1. The first-order valence-corrected chi connectivity index (χ1v) is 8.00. The number of nitrogens with zero attached hydrogens (tertiary/aromatic N) is 2. The highest BCUT2D eigenvalue weighted by Gasteiger charge is 2.26. The Morgan fingerprint density at radius 2 is 2.43 bits per heavy atom. The van der Waals surface area contributed by atoms with Gasteiger partial charge in [0.05, 0.1) is 12.0 Å². The van der Waals surface area contributed by atoms with E-state index in [-0.39, 0.29) is 6.42 Å². The SMILES string of the molecule is C=CCN(CCC(=O)O)c1sc2c(c1C#N)CCC(C)C2. The topological polar surface area (TPSA) is 64.3 Å². The van der Waals surface area contributed by atoms with E-state index in [2.05, 4.69) is 19.6 Å². The predicted molar refractivity (Wildman–Crippen MR) is 84.9 cm³/mol. The molecule has 0 aliphatic heterocycles. The standard InChI is InChI=1S/C16H20N2O2S/c1-3-7-18(8-6-15(19)20)16-13(10-17)12-5-4-11(2)9-14(12)21-16/h3,11H,1,4-9H2,2H3,(H,19,20). The summed E-state index contributed by atoms with van der Waals surface area (Å²) >= 11 is 1.65. The van der Waals surface area contributed by atoms with Crippen LogP contribution in [-0.2, 0) is 17.6 Å². The second-order valence-corrected chi connectivity index (χ2v) is 6.61. The van der Waals surface area contributed by atoms with E-state index in [0.29, 0.717) is 19.0 Å². The predicted octanol–water partition coefficient (Wildman–Crippen LogP) is 3.21. The number of aliphatic carboxylic acids is 1. The smallest absolute Gasteiger partial charge is 0.305 e. The van der Waals surface area contributed by atoms with Gasteiger partial charge in [-0.1, -0.05) is 13.0 Å². The fourth-order valence-corrected chi connectivity index (χ4v) is 4.23. The molecule has 1 N–H and O–H groups in total. The molecule has 1 aromatic rings. The lowest BCUT2D eigenvalue weighted by Gasteiger charge is -2.21. The van der Waals surface area contributed by atoms with Crippen molar-refractivity contribution in [2.45, 2.75) is 32.6 Å². The maximum absolute atomic E-state index is 10.8. The van der Waals surface area contributed by atoms with Crippen LogP contribution in [0, 0.1) is 17.2 Å². The molecule has 0 amide bonds. The summed E-state index contributed by atoms with van der Waals surface area (Å²) in [6, 6.07) is 2.33. The third-order valence-corrected chi connectivity index (χ3v) is 5.15. The Hall–Kier alpha value is -1.80. The summed E-state index contributed by atoms with van der Waals surface area (Å²) in [4.78, 5) is 14.1. The van der Waals surface area contributed by atoms with E-state index < -0.39 is 5.97 Å². The molecule has 1 heterocycles. The Morgan fingerprint density at radius 3 is 3.05 bits per heavy atom. The normalized spacial score (nSPS) is 16.9. The Bertz CT molecular complexity index is 586. The summed E-state index contributed by atoms with van der Waals surface area (Å²) in [6.45, 7) is 6.95. The molecule has 1 aliphatic carbocycles. The molecule has 0 saturated carbocycles. The number of rotatable bonds is 6. The molecule has 1 aromatic heterocycles. The van der Waals surface area contributed by atoms with Gasteiger partial charge in [0.2, 0.25) is 0 Å². The summed E-state index contributed by atoms with van der Waals surface area (Å²) in [5.74, 6) is -0.167. The Labute approximate surface area is 129 Å². The van der Waals surface area contributed by atoms with Crippen LogP contribution in [0.3, 0.4) is 0 Å². The molecule has 0 saturated heterocycles. The van der Waals surface area contributed by atoms with Gasteiger partial charge in [-0.3, -0.25) is 4.79 Å². The molecule has 0 bridgehead atoms. The highest BCUT2D eigenvalue weighted by Crippen LogP contribution is 2.41. The average Bonchev–Trinajstić information content (AvgIpc) is 2.80. The van der Waals surface area contributed by atoms with Crippen molar-refractivity contribution in [1.29, 1.82) is 5.26 Å². The van der Waals surface area contributed by atoms with E-state index in [0.717, 1.165) is 29.8 Å². The molecule has 0 radical (unpaired) electrons. The minimum Gasteiger partial charge on any atom is -0.481 e. The summed E-state index contributed by atoms with van der Waals surface area (Å²) in [5.41, 5.74) is 1.93. The number of nitriles is 1. The molecule has 0 spiro atoms. The monoisotopic (exact) mass is 304 g/mol. The quantitative estimate of drug-likeness (QED) is 0.820. The van der Waals surface area contributed by atoms with Crippen molar-refractivity contribution in [3.05, 3.63) is 28.7 Å². The van der Waals surface area contributed by atoms with Crippen LogP contribution in [0.1, 0.15) is 35.8 Å². The maximum Gasteiger partial charge on any atom is 0.305 e. The van der Waals surface area contributed by atoms with Gasteiger partial charge in [0.25, 0.3) is 0 Å². The van der Waals surface area contributed by atoms with Crippen LogP contribution >= 0.6 is 11.3 Å². The molecule has 1 unspecified atom stereocenters. The molecule has 1 aliphatic rings. The Kier molecular flexibility index (Phi) is 5.03. The van der Waals surface area contributed by atoms with Gasteiger partial charge in [0.1, 0.15) is 11.1 Å². The molecule has 2 rings (SSSR count). The first kappa shape index (κ1) is 15.6. The van der Waals surface area contributed by atoms with Crippen molar-refractivity contribution >= 4 is 22.3 Å². The second-order valence-electron chi connectivity index (χ2n) is 5.52. The summed E-state index contributed by atoms with van der Waals surface area (Å²) in [7, 11) is 0. The van der Waals surface area contributed by atoms with E-state index in [1.54, 1.807) is 17.4 Å². The van der Waals surface area contributed by atoms with Crippen molar-refractivity contribution in [1.82, 2.24) is 0 Å². The van der Waals surface area contributed by atoms with Crippen LogP contribution < -0.4 is 4.90 Å². The van der Waals surface area contributed by atoms with Crippen molar-refractivity contribution in [2.24, 2.45) is 5.92 Å². The fraction of sp³-hybridized carbons (Fsp3) is 0.500. The van der Waals surface area contributed by atoms with E-state index >= 15 is 0 Å². The lowest BCUT2D eigenvalue weighted by atomic mass is 9.88. The van der Waals surface area contributed by atoms with Gasteiger partial charge >= 0.3 is 5.97 Å². The number of hydrogen-bond acceptors (Lipinski definition) is 4. The largest absolute Gasteiger partial charge is 0.481 e. The zero-order chi connectivity index (χ0) is 15.4. The first-order valence-electron chi connectivity index (χ1n) is 7.19. The van der Waals surface area contributed by atoms with Gasteiger partial charge in [0, 0.05) is 18.0 Å². The minimum absolute atomic E-state index is 0.0671. The molecule has 0 aromatic carbocycles. The number of hydrogen-bond donors (Lipinski definition) is 1. The second kappa shape index (κ2) is 6.77. The van der Waals surface area contributed by atoms with Gasteiger partial charge in [0.15, 0.2) is 0 Å². The van der Waals surface area contributed by atoms with Crippen molar-refractivity contribution < 1.29 is 9.90 Å². The molecule has 4 nitrogen and oxygen atoms in total.